The summed E-state index contributed by atoms with van der Waals surface area (Å²) in [5.74, 6) is 1.60. The van der Waals surface area contributed by atoms with Crippen LogP contribution in [0.1, 0.15) is 24.4 Å². The lowest BCUT2D eigenvalue weighted by molar-refractivity contribution is 0.633. The zero-order valence-electron chi connectivity index (χ0n) is 7.83. The molecular weight excluding hydrogens is 162 g/mol. The fraction of sp³-hybridized carbons (Fsp3) is 0.500. The average molecular weight is 177 g/mol. The Morgan fingerprint density at radius 3 is 3.00 bits per heavy atom. The minimum Gasteiger partial charge on any atom is -0.373 e. The second-order valence-corrected chi connectivity index (χ2v) is 3.55. The van der Waals surface area contributed by atoms with E-state index in [4.69, 9.17) is 5.73 Å². The van der Waals surface area contributed by atoms with Crippen LogP contribution in [0.3, 0.4) is 0 Å². The van der Waals surface area contributed by atoms with Crippen molar-refractivity contribution in [2.75, 3.05) is 12.4 Å². The highest BCUT2D eigenvalue weighted by molar-refractivity contribution is 5.45. The molecule has 3 N–H and O–H groups in total. The van der Waals surface area contributed by atoms with E-state index in [1.165, 1.54) is 12.8 Å². The summed E-state index contributed by atoms with van der Waals surface area (Å²) >= 11 is 0. The largest absolute Gasteiger partial charge is 0.373 e. The number of nitrogens with two attached hydrogens (primary N) is 1. The van der Waals surface area contributed by atoms with E-state index >= 15 is 0 Å². The molecule has 2 rings (SSSR count). The minimum atomic E-state index is 0.163. The van der Waals surface area contributed by atoms with Crippen molar-refractivity contribution in [3.8, 4) is 0 Å². The van der Waals surface area contributed by atoms with Gasteiger partial charge in [0, 0.05) is 24.8 Å². The van der Waals surface area contributed by atoms with Gasteiger partial charge in [-0.05, 0) is 24.8 Å². The van der Waals surface area contributed by atoms with Crippen molar-refractivity contribution in [2.45, 2.75) is 18.9 Å². The summed E-state index contributed by atoms with van der Waals surface area (Å²) in [5, 5.41) is 3.07. The molecule has 1 fully saturated rings. The van der Waals surface area contributed by atoms with Crippen LogP contribution in [0.4, 0.5) is 5.82 Å². The monoisotopic (exact) mass is 177 g/mol. The van der Waals surface area contributed by atoms with E-state index in [9.17, 15) is 0 Å². The van der Waals surface area contributed by atoms with Gasteiger partial charge in [0.2, 0.25) is 0 Å². The number of pyridine rings is 1. The molecule has 0 amide bonds. The number of rotatable bonds is 3. The van der Waals surface area contributed by atoms with E-state index < -0.39 is 0 Å². The second kappa shape index (κ2) is 3.34. The topological polar surface area (TPSA) is 50.9 Å². The van der Waals surface area contributed by atoms with Gasteiger partial charge in [0.1, 0.15) is 5.82 Å². The summed E-state index contributed by atoms with van der Waals surface area (Å²) in [6, 6.07) is 4.16. The molecule has 0 spiro atoms. The van der Waals surface area contributed by atoms with Gasteiger partial charge in [-0.1, -0.05) is 6.07 Å². The number of hydrogen-bond donors (Lipinski definition) is 2. The van der Waals surface area contributed by atoms with Crippen LogP contribution in [0.15, 0.2) is 18.3 Å². The predicted molar refractivity (Wildman–Crippen MR) is 53.4 cm³/mol. The highest BCUT2D eigenvalue weighted by Gasteiger charge is 2.30. The summed E-state index contributed by atoms with van der Waals surface area (Å²) in [4.78, 5) is 4.24. The van der Waals surface area contributed by atoms with Crippen LogP contribution in [-0.4, -0.2) is 12.0 Å². The molecule has 1 aromatic heterocycles. The molecule has 3 nitrogen and oxygen atoms in total. The number of aromatic nitrogens is 1. The van der Waals surface area contributed by atoms with Crippen LogP contribution in [0.2, 0.25) is 0 Å². The van der Waals surface area contributed by atoms with Gasteiger partial charge in [0.15, 0.2) is 0 Å². The third-order valence-corrected chi connectivity index (χ3v) is 2.56. The summed E-state index contributed by atoms with van der Waals surface area (Å²) in [6.07, 6.45) is 4.31. The van der Waals surface area contributed by atoms with Crippen LogP contribution in [0.5, 0.6) is 0 Å². The molecule has 1 saturated carbocycles. The molecule has 13 heavy (non-hydrogen) atoms. The quantitative estimate of drug-likeness (QED) is 0.736. The lowest BCUT2D eigenvalue weighted by Crippen LogP contribution is -2.14. The maximum absolute atomic E-state index is 6.10. The smallest absolute Gasteiger partial charge is 0.130 e. The molecule has 1 heterocycles. The van der Waals surface area contributed by atoms with Gasteiger partial charge in [-0.3, -0.25) is 0 Å². The van der Waals surface area contributed by atoms with E-state index in [0.29, 0.717) is 5.92 Å². The molecule has 0 unspecified atom stereocenters. The number of hydrogen-bond acceptors (Lipinski definition) is 3. The Labute approximate surface area is 78.4 Å². The highest BCUT2D eigenvalue weighted by atomic mass is 15.0. The third kappa shape index (κ3) is 1.65. The van der Waals surface area contributed by atoms with Gasteiger partial charge in [-0.2, -0.15) is 0 Å². The molecule has 1 atom stereocenters. The van der Waals surface area contributed by atoms with Gasteiger partial charge < -0.3 is 11.1 Å². The van der Waals surface area contributed by atoms with Crippen molar-refractivity contribution < 1.29 is 0 Å². The highest BCUT2D eigenvalue weighted by Crippen LogP contribution is 2.40. The summed E-state index contributed by atoms with van der Waals surface area (Å²) in [6.45, 7) is 0. The van der Waals surface area contributed by atoms with Crippen molar-refractivity contribution in [1.29, 1.82) is 0 Å². The number of nitrogens with one attached hydrogen (secondary N) is 1. The van der Waals surface area contributed by atoms with Crippen molar-refractivity contribution in [3.05, 3.63) is 23.9 Å². The van der Waals surface area contributed by atoms with Crippen molar-refractivity contribution in [2.24, 2.45) is 11.7 Å². The first-order valence-corrected chi connectivity index (χ1v) is 4.71. The maximum atomic E-state index is 6.10. The number of anilines is 1. The van der Waals surface area contributed by atoms with E-state index in [1.807, 2.05) is 13.1 Å². The van der Waals surface area contributed by atoms with E-state index in [1.54, 1.807) is 6.20 Å². The van der Waals surface area contributed by atoms with Gasteiger partial charge in [0.25, 0.3) is 0 Å². The zero-order chi connectivity index (χ0) is 9.26. The van der Waals surface area contributed by atoms with Crippen LogP contribution in [0.25, 0.3) is 0 Å². The van der Waals surface area contributed by atoms with Crippen molar-refractivity contribution in [3.63, 3.8) is 0 Å². The summed E-state index contributed by atoms with van der Waals surface area (Å²) in [7, 11) is 1.88. The van der Waals surface area contributed by atoms with Gasteiger partial charge in [-0.15, -0.1) is 0 Å². The Morgan fingerprint density at radius 1 is 1.62 bits per heavy atom. The zero-order valence-corrected chi connectivity index (χ0v) is 7.83. The Morgan fingerprint density at radius 2 is 2.38 bits per heavy atom. The molecule has 0 radical (unpaired) electrons. The average Bonchev–Trinajstić information content (AvgIpc) is 3.00. The molecule has 70 valence electrons. The minimum absolute atomic E-state index is 0.163. The fourth-order valence-corrected chi connectivity index (χ4v) is 1.60. The van der Waals surface area contributed by atoms with E-state index in [-0.39, 0.29) is 6.04 Å². The Balaban J connectivity index is 2.26. The van der Waals surface area contributed by atoms with Crippen molar-refractivity contribution in [1.82, 2.24) is 4.98 Å². The van der Waals surface area contributed by atoms with Crippen LogP contribution in [-0.2, 0) is 0 Å². The van der Waals surface area contributed by atoms with Gasteiger partial charge in [-0.25, -0.2) is 4.98 Å². The normalized spacial score (nSPS) is 18.3. The number of nitrogens with zero attached hydrogens (tertiary/aromatic N) is 1. The first-order valence-electron chi connectivity index (χ1n) is 4.71. The van der Waals surface area contributed by atoms with Gasteiger partial charge >= 0.3 is 0 Å². The Kier molecular flexibility index (Phi) is 2.19. The molecule has 1 aliphatic rings. The fourth-order valence-electron chi connectivity index (χ4n) is 1.60. The molecular formula is C10H15N3. The Hall–Kier alpha value is -1.09. The first kappa shape index (κ1) is 8.51. The summed E-state index contributed by atoms with van der Waals surface area (Å²) < 4.78 is 0. The van der Waals surface area contributed by atoms with Crippen LogP contribution in [0, 0.1) is 5.92 Å². The molecule has 3 heteroatoms. The SMILES string of the molecule is CNc1ncccc1[C@H](N)C1CC1. The van der Waals surface area contributed by atoms with Gasteiger partial charge in [0.05, 0.1) is 0 Å². The first-order chi connectivity index (χ1) is 6.33. The predicted octanol–water partition coefficient (Wildman–Crippen LogP) is 1.53. The van der Waals surface area contributed by atoms with Crippen LogP contribution >= 0.6 is 0 Å². The lowest BCUT2D eigenvalue weighted by Gasteiger charge is -2.13. The van der Waals surface area contributed by atoms with Crippen LogP contribution < -0.4 is 11.1 Å². The maximum Gasteiger partial charge on any atom is 0.130 e. The van der Waals surface area contributed by atoms with Crippen molar-refractivity contribution >= 4 is 5.82 Å². The Bertz CT molecular complexity index is 294. The lowest BCUT2D eigenvalue weighted by atomic mass is 10.0. The molecule has 0 bridgehead atoms. The summed E-state index contributed by atoms with van der Waals surface area (Å²) in [5.41, 5.74) is 7.24. The second-order valence-electron chi connectivity index (χ2n) is 3.55. The molecule has 0 aliphatic heterocycles. The molecule has 1 aliphatic carbocycles. The van der Waals surface area contributed by atoms with E-state index in [2.05, 4.69) is 16.4 Å². The standard InChI is InChI=1S/C10H15N3/c1-12-10-8(3-2-6-13-10)9(11)7-4-5-7/h2-3,6-7,9H,4-5,11H2,1H3,(H,12,13)/t9-/m1/s1. The third-order valence-electron chi connectivity index (χ3n) is 2.56. The molecule has 1 aromatic rings. The molecule has 0 saturated heterocycles. The van der Waals surface area contributed by atoms with E-state index in [0.717, 1.165) is 11.4 Å². The molecule has 0 aromatic carbocycles.